The third-order valence-corrected chi connectivity index (χ3v) is 9.77. The van der Waals surface area contributed by atoms with E-state index in [1.165, 1.54) is 17.6 Å². The van der Waals surface area contributed by atoms with Gasteiger partial charge in [0.2, 0.25) is 0 Å². The van der Waals surface area contributed by atoms with Crippen molar-refractivity contribution in [1.29, 1.82) is 0 Å². The van der Waals surface area contributed by atoms with Crippen LogP contribution in [-0.2, 0) is 11.0 Å². The van der Waals surface area contributed by atoms with Gasteiger partial charge in [-0.15, -0.1) is 11.3 Å². The zero-order valence-electron chi connectivity index (χ0n) is 22.4. The van der Waals surface area contributed by atoms with E-state index in [2.05, 4.69) is 22.5 Å². The largest absolute Gasteiger partial charge is 0.462 e. The molecule has 0 bridgehead atoms. The Kier molecular flexibility index (Phi) is 7.93. The zero-order valence-corrected chi connectivity index (χ0v) is 24.1. The van der Waals surface area contributed by atoms with Crippen molar-refractivity contribution in [2.45, 2.75) is 31.2 Å². The normalized spacial score (nSPS) is 18.6. The smallest absolute Gasteiger partial charge is 0.393 e. The number of hydrogen-bond acceptors (Lipinski definition) is 6. The van der Waals surface area contributed by atoms with Crippen molar-refractivity contribution in [3.63, 3.8) is 0 Å². The first-order chi connectivity index (χ1) is 18.9. The number of piperidine rings is 1. The molecule has 2 aromatic heterocycles. The molecule has 2 N–H and O–H groups in total. The summed E-state index contributed by atoms with van der Waals surface area (Å²) in [5.41, 5.74) is 1.96. The number of hydrogen-bond donors (Lipinski definition) is 2. The van der Waals surface area contributed by atoms with E-state index in [9.17, 15) is 22.1 Å². The summed E-state index contributed by atoms with van der Waals surface area (Å²) in [5.74, 6) is 5.89. The SMILES string of the molecule is CN1CC[C@@H](Nc2cccc3c(CC(F)(F)F)c(C#CCNc4ccc(P(C)(C)=O)c5ccoc45)sc23)[C@@H](F)C1. The average Bonchev–Trinajstić information content (AvgIpc) is 3.48. The minimum Gasteiger partial charge on any atom is -0.462 e. The van der Waals surface area contributed by atoms with Crippen LogP contribution in [0.25, 0.3) is 21.1 Å². The van der Waals surface area contributed by atoms with Gasteiger partial charge >= 0.3 is 6.18 Å². The molecule has 2 atom stereocenters. The van der Waals surface area contributed by atoms with Crippen molar-refractivity contribution < 1.29 is 26.5 Å². The Bertz CT molecular complexity index is 1650. The Balaban J connectivity index is 1.42. The third kappa shape index (κ3) is 6.17. The Morgan fingerprint density at radius 2 is 1.95 bits per heavy atom. The van der Waals surface area contributed by atoms with Gasteiger partial charge in [-0.25, -0.2) is 4.39 Å². The van der Waals surface area contributed by atoms with Crippen LogP contribution in [0.3, 0.4) is 0 Å². The van der Waals surface area contributed by atoms with Crippen LogP contribution >= 0.6 is 18.5 Å². The number of benzene rings is 2. The molecular formula is C29H30F4N3O2PS. The zero-order chi connectivity index (χ0) is 28.7. The second kappa shape index (κ2) is 11.1. The van der Waals surface area contributed by atoms with Gasteiger partial charge < -0.3 is 24.5 Å². The van der Waals surface area contributed by atoms with Gasteiger partial charge in [-0.3, -0.25) is 0 Å². The van der Waals surface area contributed by atoms with Crippen LogP contribution in [0.5, 0.6) is 0 Å². The predicted octanol–water partition coefficient (Wildman–Crippen LogP) is 6.92. The van der Waals surface area contributed by atoms with Gasteiger partial charge in [0.1, 0.15) is 13.3 Å². The second-order valence-electron chi connectivity index (χ2n) is 10.5. The highest BCUT2D eigenvalue weighted by molar-refractivity contribution is 7.70. The van der Waals surface area contributed by atoms with Crippen LogP contribution in [0.2, 0.25) is 0 Å². The number of furan rings is 1. The Morgan fingerprint density at radius 1 is 1.15 bits per heavy atom. The number of alkyl halides is 4. The molecule has 1 fully saturated rings. The molecule has 0 aliphatic carbocycles. The molecule has 5 rings (SSSR count). The molecule has 5 nitrogen and oxygen atoms in total. The second-order valence-corrected chi connectivity index (χ2v) is 14.7. The molecule has 3 heterocycles. The number of fused-ring (bicyclic) bond motifs is 2. The summed E-state index contributed by atoms with van der Waals surface area (Å²) in [5, 5.41) is 8.37. The number of thiophene rings is 1. The first-order valence-electron chi connectivity index (χ1n) is 12.9. The maximum absolute atomic E-state index is 14.7. The molecule has 1 aliphatic rings. The van der Waals surface area contributed by atoms with E-state index in [1.54, 1.807) is 49.7 Å². The van der Waals surface area contributed by atoms with Crippen molar-refractivity contribution in [1.82, 2.24) is 4.90 Å². The lowest BCUT2D eigenvalue weighted by molar-refractivity contribution is -0.126. The minimum absolute atomic E-state index is 0.128. The predicted molar refractivity (Wildman–Crippen MR) is 157 cm³/mol. The number of rotatable bonds is 6. The highest BCUT2D eigenvalue weighted by Gasteiger charge is 2.32. The summed E-state index contributed by atoms with van der Waals surface area (Å²) in [6.45, 7) is 4.60. The van der Waals surface area contributed by atoms with E-state index < -0.39 is 32.0 Å². The van der Waals surface area contributed by atoms with Crippen LogP contribution in [0.15, 0.2) is 47.1 Å². The lowest BCUT2D eigenvalue weighted by atomic mass is 10.0. The molecule has 11 heteroatoms. The van der Waals surface area contributed by atoms with Crippen LogP contribution in [0.4, 0.5) is 28.9 Å². The molecule has 40 heavy (non-hydrogen) atoms. The highest BCUT2D eigenvalue weighted by Crippen LogP contribution is 2.41. The lowest BCUT2D eigenvalue weighted by Gasteiger charge is -2.33. The molecular weight excluding hydrogens is 561 g/mol. The maximum atomic E-state index is 14.7. The average molecular weight is 592 g/mol. The molecule has 212 valence electrons. The monoisotopic (exact) mass is 591 g/mol. The summed E-state index contributed by atoms with van der Waals surface area (Å²) in [7, 11) is -0.648. The molecule has 0 radical (unpaired) electrons. The van der Waals surface area contributed by atoms with Crippen molar-refractivity contribution in [2.75, 3.05) is 50.6 Å². The minimum atomic E-state index is -4.41. The lowest BCUT2D eigenvalue weighted by Crippen LogP contribution is -2.46. The topological polar surface area (TPSA) is 57.5 Å². The summed E-state index contributed by atoms with van der Waals surface area (Å²) in [6.07, 6.45) is -4.45. The van der Waals surface area contributed by atoms with Gasteiger partial charge in [0.05, 0.1) is 46.2 Å². The van der Waals surface area contributed by atoms with E-state index in [1.807, 2.05) is 11.9 Å². The van der Waals surface area contributed by atoms with E-state index in [4.69, 9.17) is 4.42 Å². The maximum Gasteiger partial charge on any atom is 0.393 e. The summed E-state index contributed by atoms with van der Waals surface area (Å²) in [4.78, 5) is 2.26. The third-order valence-electron chi connectivity index (χ3n) is 7.02. The molecule has 0 amide bonds. The molecule has 2 aromatic carbocycles. The fourth-order valence-electron chi connectivity index (χ4n) is 5.10. The fraction of sp³-hybridized carbons (Fsp3) is 0.379. The van der Waals surface area contributed by atoms with Crippen LogP contribution in [-0.4, -0.2) is 63.3 Å². The number of nitrogens with one attached hydrogen (secondary N) is 2. The van der Waals surface area contributed by atoms with Crippen LogP contribution in [0, 0.1) is 11.8 Å². The van der Waals surface area contributed by atoms with Crippen LogP contribution in [0.1, 0.15) is 16.9 Å². The first kappa shape index (κ1) is 28.5. The van der Waals surface area contributed by atoms with E-state index in [0.717, 1.165) is 17.2 Å². The Labute approximate surface area is 234 Å². The summed E-state index contributed by atoms with van der Waals surface area (Å²) in [6, 6.07) is 10.1. The standard InChI is InChI=1S/C29H30F4N3O2PS/c1-36-14-11-22(21(30)17-36)35-24-7-4-6-18-20(16-29(31,32)33)26(40-28(18)24)8-5-13-34-23-9-10-25(39(2,3)37)19-12-15-38-27(19)23/h4,6-7,9-10,12,15,21-22,34-35H,11,13-14,16-17H2,1-3H3/t21-,22+/m0/s1. The van der Waals surface area contributed by atoms with Crippen molar-refractivity contribution in [2.24, 2.45) is 0 Å². The van der Waals surface area contributed by atoms with Crippen molar-refractivity contribution in [3.8, 4) is 11.8 Å². The summed E-state index contributed by atoms with van der Waals surface area (Å²) < 4.78 is 74.3. The fourth-order valence-corrected chi connectivity index (χ4v) is 7.46. The Morgan fingerprint density at radius 3 is 2.67 bits per heavy atom. The van der Waals surface area contributed by atoms with E-state index in [-0.39, 0.29) is 12.1 Å². The van der Waals surface area contributed by atoms with Crippen molar-refractivity contribution in [3.05, 3.63) is 53.1 Å². The molecule has 1 aliphatic heterocycles. The van der Waals surface area contributed by atoms with Gasteiger partial charge in [-0.1, -0.05) is 24.0 Å². The van der Waals surface area contributed by atoms with E-state index in [0.29, 0.717) is 44.9 Å². The van der Waals surface area contributed by atoms with Crippen molar-refractivity contribution >= 4 is 56.2 Å². The molecule has 4 aromatic rings. The van der Waals surface area contributed by atoms with Crippen LogP contribution < -0.4 is 15.9 Å². The van der Waals surface area contributed by atoms with Gasteiger partial charge in [0.25, 0.3) is 0 Å². The number of likely N-dealkylation sites (tertiary alicyclic amines) is 1. The molecule has 0 saturated carbocycles. The number of nitrogens with zero attached hydrogens (tertiary/aromatic N) is 1. The number of halogens is 4. The molecule has 0 unspecified atom stereocenters. The van der Waals surface area contributed by atoms with Gasteiger partial charge in [-0.2, -0.15) is 13.2 Å². The van der Waals surface area contributed by atoms with Gasteiger partial charge in [-0.05, 0) is 62.0 Å². The van der Waals surface area contributed by atoms with Gasteiger partial charge in [0.15, 0.2) is 5.58 Å². The first-order valence-corrected chi connectivity index (χ1v) is 16.3. The summed E-state index contributed by atoms with van der Waals surface area (Å²) >= 11 is 1.19. The van der Waals surface area contributed by atoms with Gasteiger partial charge in [0, 0.05) is 23.8 Å². The van der Waals surface area contributed by atoms with E-state index >= 15 is 0 Å². The highest BCUT2D eigenvalue weighted by atomic mass is 32.1. The molecule has 1 saturated heterocycles. The number of anilines is 2. The quantitative estimate of drug-likeness (QED) is 0.145. The molecule has 0 spiro atoms. The Hall–Kier alpha value is -2.99.